The third-order valence-corrected chi connectivity index (χ3v) is 4.51. The van der Waals surface area contributed by atoms with E-state index in [-0.39, 0.29) is 15.8 Å². The van der Waals surface area contributed by atoms with Gasteiger partial charge in [-0.15, -0.1) is 0 Å². The van der Waals surface area contributed by atoms with Gasteiger partial charge in [0, 0.05) is 11.1 Å². The monoisotopic (exact) mass is 388 g/mol. The van der Waals surface area contributed by atoms with Crippen LogP contribution in [0.15, 0.2) is 30.3 Å². The normalized spacial score (nSPS) is 12.6. The van der Waals surface area contributed by atoms with Gasteiger partial charge in [0.1, 0.15) is 0 Å². The molecule has 0 atom stereocenters. The Kier molecular flexibility index (Phi) is 6.24. The molecule has 0 aliphatic heterocycles. The Balaban J connectivity index is 2.23. The van der Waals surface area contributed by atoms with Crippen molar-refractivity contribution in [2.45, 2.75) is 71.2 Å². The minimum absolute atomic E-state index is 0.136. The number of benzene rings is 1. The Bertz CT molecular complexity index is 713. The van der Waals surface area contributed by atoms with E-state index in [2.05, 4.69) is 110 Å². The maximum Gasteiger partial charge on any atom is 0.239 e. The molecular formula is C20H32N6S. The van der Waals surface area contributed by atoms with Crippen molar-refractivity contribution in [2.24, 2.45) is 0 Å². The van der Waals surface area contributed by atoms with Gasteiger partial charge >= 0.3 is 0 Å². The molecule has 0 saturated heterocycles. The maximum atomic E-state index is 4.54. The standard InChI is InChI=1S/C20H32N6S/c1-18(2,3)24-15-21-16(25-19(4,5)6)23-17(22-15)26-27-20(7,8)14-12-10-9-11-13-14/h9-13H,1-8H3,(H3,21,22,23,24,25,26). The van der Waals surface area contributed by atoms with Crippen LogP contribution in [0.25, 0.3) is 0 Å². The van der Waals surface area contributed by atoms with Crippen LogP contribution < -0.4 is 15.4 Å². The molecule has 0 spiro atoms. The van der Waals surface area contributed by atoms with Crippen molar-refractivity contribution in [1.29, 1.82) is 0 Å². The molecule has 27 heavy (non-hydrogen) atoms. The smallest absolute Gasteiger partial charge is 0.239 e. The van der Waals surface area contributed by atoms with Gasteiger partial charge in [0.15, 0.2) is 0 Å². The van der Waals surface area contributed by atoms with Gasteiger partial charge in [0.2, 0.25) is 17.8 Å². The first-order valence-corrected chi connectivity index (χ1v) is 9.98. The fourth-order valence-corrected chi connectivity index (χ4v) is 2.97. The molecule has 148 valence electrons. The highest BCUT2D eigenvalue weighted by molar-refractivity contribution is 8.01. The van der Waals surface area contributed by atoms with Crippen LogP contribution in [0.1, 0.15) is 61.0 Å². The Labute approximate surface area is 167 Å². The number of hydrogen-bond donors (Lipinski definition) is 3. The van der Waals surface area contributed by atoms with Gasteiger partial charge < -0.3 is 10.6 Å². The predicted molar refractivity (Wildman–Crippen MR) is 117 cm³/mol. The van der Waals surface area contributed by atoms with Crippen LogP contribution in [0.4, 0.5) is 17.8 Å². The molecule has 1 heterocycles. The molecule has 0 unspecified atom stereocenters. The van der Waals surface area contributed by atoms with E-state index in [4.69, 9.17) is 0 Å². The average Bonchev–Trinajstić information content (AvgIpc) is 2.50. The number of anilines is 3. The number of nitrogens with one attached hydrogen (secondary N) is 3. The van der Waals surface area contributed by atoms with E-state index in [0.717, 1.165) is 0 Å². The summed E-state index contributed by atoms with van der Waals surface area (Å²) in [6.07, 6.45) is 0. The van der Waals surface area contributed by atoms with Crippen LogP contribution in [0, 0.1) is 0 Å². The molecule has 0 radical (unpaired) electrons. The first-order valence-electron chi connectivity index (χ1n) is 9.16. The minimum atomic E-state index is -0.145. The van der Waals surface area contributed by atoms with Crippen LogP contribution in [-0.4, -0.2) is 26.0 Å². The van der Waals surface area contributed by atoms with Crippen LogP contribution in [0.5, 0.6) is 0 Å². The number of aromatic nitrogens is 3. The third kappa shape index (κ3) is 7.25. The zero-order chi connectivity index (χ0) is 20.3. The first kappa shape index (κ1) is 21.3. The van der Waals surface area contributed by atoms with Gasteiger partial charge in [-0.3, -0.25) is 4.72 Å². The van der Waals surface area contributed by atoms with Crippen molar-refractivity contribution in [3.8, 4) is 0 Å². The van der Waals surface area contributed by atoms with Gasteiger partial charge in [-0.05, 0) is 72.9 Å². The van der Waals surface area contributed by atoms with E-state index in [1.54, 1.807) is 11.9 Å². The lowest BCUT2D eigenvalue weighted by molar-refractivity contribution is 0.617. The molecule has 1 aromatic heterocycles. The lowest BCUT2D eigenvalue weighted by atomic mass is 10.0. The SMILES string of the molecule is CC(C)(C)Nc1nc(NSC(C)(C)c2ccccc2)nc(NC(C)(C)C)n1. The lowest BCUT2D eigenvalue weighted by Gasteiger charge is -2.26. The van der Waals surface area contributed by atoms with Crippen molar-refractivity contribution in [1.82, 2.24) is 15.0 Å². The van der Waals surface area contributed by atoms with E-state index in [9.17, 15) is 0 Å². The largest absolute Gasteiger partial charge is 0.349 e. The van der Waals surface area contributed by atoms with Gasteiger partial charge in [0.25, 0.3) is 0 Å². The fraction of sp³-hybridized carbons (Fsp3) is 0.550. The Morgan fingerprint density at radius 2 is 1.11 bits per heavy atom. The number of rotatable bonds is 6. The van der Waals surface area contributed by atoms with E-state index in [1.165, 1.54) is 5.56 Å². The summed E-state index contributed by atoms with van der Waals surface area (Å²) < 4.78 is 3.17. The molecule has 0 bridgehead atoms. The van der Waals surface area contributed by atoms with Crippen molar-refractivity contribution >= 4 is 29.8 Å². The molecule has 2 aromatic rings. The summed E-state index contributed by atoms with van der Waals surface area (Å²) in [5, 5.41) is 6.65. The quantitative estimate of drug-likeness (QED) is 0.581. The second-order valence-corrected chi connectivity index (χ2v) is 10.6. The maximum absolute atomic E-state index is 4.54. The fourth-order valence-electron chi connectivity index (χ4n) is 2.28. The molecule has 0 aliphatic carbocycles. The molecule has 7 heteroatoms. The van der Waals surface area contributed by atoms with Gasteiger partial charge in [0.05, 0.1) is 4.75 Å². The van der Waals surface area contributed by atoms with Crippen molar-refractivity contribution in [3.05, 3.63) is 35.9 Å². The van der Waals surface area contributed by atoms with Crippen molar-refractivity contribution in [2.75, 3.05) is 15.4 Å². The van der Waals surface area contributed by atoms with Crippen LogP contribution >= 0.6 is 11.9 Å². The highest BCUT2D eigenvalue weighted by Crippen LogP contribution is 2.35. The summed E-state index contributed by atoms with van der Waals surface area (Å²) in [6, 6.07) is 10.4. The molecule has 2 rings (SSSR count). The summed E-state index contributed by atoms with van der Waals surface area (Å²) in [7, 11) is 0. The Morgan fingerprint density at radius 1 is 0.667 bits per heavy atom. The second kappa shape index (κ2) is 7.92. The average molecular weight is 389 g/mol. The minimum Gasteiger partial charge on any atom is -0.349 e. The summed E-state index contributed by atoms with van der Waals surface area (Å²) in [5.41, 5.74) is 0.944. The summed E-state index contributed by atoms with van der Waals surface area (Å²) in [5.74, 6) is 1.62. The molecule has 0 aliphatic rings. The summed E-state index contributed by atoms with van der Waals surface area (Å²) >= 11 is 1.58. The topological polar surface area (TPSA) is 74.8 Å². The predicted octanol–water partition coefficient (Wildman–Crippen LogP) is 5.29. The number of nitrogens with zero attached hydrogens (tertiary/aromatic N) is 3. The van der Waals surface area contributed by atoms with E-state index in [0.29, 0.717) is 17.8 Å². The van der Waals surface area contributed by atoms with Crippen molar-refractivity contribution in [3.63, 3.8) is 0 Å². The van der Waals surface area contributed by atoms with Gasteiger partial charge in [-0.2, -0.15) is 15.0 Å². The number of hydrogen-bond acceptors (Lipinski definition) is 7. The van der Waals surface area contributed by atoms with Crippen LogP contribution in [-0.2, 0) is 4.75 Å². The lowest BCUT2D eigenvalue weighted by Crippen LogP contribution is -2.30. The Hall–Kier alpha value is -2.02. The molecule has 0 saturated carbocycles. The van der Waals surface area contributed by atoms with Crippen molar-refractivity contribution < 1.29 is 0 Å². The summed E-state index contributed by atoms with van der Waals surface area (Å²) in [6.45, 7) is 16.8. The zero-order valence-corrected chi connectivity index (χ0v) is 18.5. The van der Waals surface area contributed by atoms with Gasteiger partial charge in [-0.25, -0.2) is 0 Å². The van der Waals surface area contributed by atoms with E-state index >= 15 is 0 Å². The highest BCUT2D eigenvalue weighted by Gasteiger charge is 2.23. The molecule has 3 N–H and O–H groups in total. The second-order valence-electron chi connectivity index (χ2n) is 9.14. The highest BCUT2D eigenvalue weighted by atomic mass is 32.2. The molecular weight excluding hydrogens is 356 g/mol. The first-order chi connectivity index (χ1) is 12.3. The van der Waals surface area contributed by atoms with E-state index in [1.807, 2.05) is 6.07 Å². The third-order valence-electron chi connectivity index (χ3n) is 3.48. The molecule has 6 nitrogen and oxygen atoms in total. The molecule has 0 fully saturated rings. The summed E-state index contributed by atoms with van der Waals surface area (Å²) in [4.78, 5) is 13.6. The van der Waals surface area contributed by atoms with E-state index < -0.39 is 0 Å². The van der Waals surface area contributed by atoms with Crippen LogP contribution in [0.3, 0.4) is 0 Å². The van der Waals surface area contributed by atoms with Crippen LogP contribution in [0.2, 0.25) is 0 Å². The Morgan fingerprint density at radius 3 is 1.56 bits per heavy atom. The zero-order valence-electron chi connectivity index (χ0n) is 17.6. The molecule has 0 amide bonds. The molecule has 1 aromatic carbocycles. The van der Waals surface area contributed by atoms with Gasteiger partial charge in [-0.1, -0.05) is 30.3 Å².